The smallest absolute Gasteiger partial charge is 0.0158 e. The van der Waals surface area contributed by atoms with Crippen molar-refractivity contribution >= 4 is 0 Å². The number of hydrogen-bond donors (Lipinski definition) is 0. The summed E-state index contributed by atoms with van der Waals surface area (Å²) in [5.74, 6) is 0. The van der Waals surface area contributed by atoms with E-state index in [4.69, 9.17) is 0 Å². The standard InChI is InChI=1S/C30H63N/c1-8-11-14-17-19-21-23-26-29(4,5)31(28-25-16-13-10-3)30(6,7)27-24-22-20-18-15-12-9-2/h8-28H2,1-7H3. The zero-order valence-corrected chi connectivity index (χ0v) is 23.3. The monoisotopic (exact) mass is 437 g/mol. The molecule has 0 N–H and O–H groups in total. The van der Waals surface area contributed by atoms with Crippen LogP contribution in [0.1, 0.15) is 177 Å². The second kappa shape index (κ2) is 19.4. The highest BCUT2D eigenvalue weighted by Crippen LogP contribution is 2.34. The molecule has 31 heavy (non-hydrogen) atoms. The quantitative estimate of drug-likeness (QED) is 0.144. The van der Waals surface area contributed by atoms with Crippen LogP contribution in [0.25, 0.3) is 0 Å². The molecule has 0 rings (SSSR count). The first-order chi connectivity index (χ1) is 14.8. The molecule has 0 aromatic rings. The summed E-state index contributed by atoms with van der Waals surface area (Å²) in [6.07, 6.45) is 28.1. The molecule has 188 valence electrons. The van der Waals surface area contributed by atoms with E-state index in [2.05, 4.69) is 53.4 Å². The molecule has 0 unspecified atom stereocenters. The highest BCUT2D eigenvalue weighted by atomic mass is 15.2. The van der Waals surface area contributed by atoms with Crippen LogP contribution in [-0.2, 0) is 0 Å². The van der Waals surface area contributed by atoms with E-state index in [1.807, 2.05) is 0 Å². The third-order valence-corrected chi connectivity index (χ3v) is 7.48. The molecule has 1 nitrogen and oxygen atoms in total. The van der Waals surface area contributed by atoms with Crippen LogP contribution in [0.3, 0.4) is 0 Å². The van der Waals surface area contributed by atoms with E-state index in [9.17, 15) is 0 Å². The van der Waals surface area contributed by atoms with Crippen LogP contribution in [0.2, 0.25) is 0 Å². The Morgan fingerprint density at radius 1 is 0.387 bits per heavy atom. The van der Waals surface area contributed by atoms with Gasteiger partial charge in [-0.15, -0.1) is 0 Å². The fourth-order valence-corrected chi connectivity index (χ4v) is 5.42. The molecule has 0 saturated heterocycles. The number of hydrogen-bond acceptors (Lipinski definition) is 1. The van der Waals surface area contributed by atoms with E-state index in [0.29, 0.717) is 11.1 Å². The van der Waals surface area contributed by atoms with Gasteiger partial charge in [0.1, 0.15) is 0 Å². The Labute approximate surface area is 199 Å². The fraction of sp³-hybridized carbons (Fsp3) is 1.00. The van der Waals surface area contributed by atoms with E-state index in [1.54, 1.807) is 0 Å². The highest BCUT2D eigenvalue weighted by molar-refractivity contribution is 4.92. The van der Waals surface area contributed by atoms with Crippen molar-refractivity contribution in [1.29, 1.82) is 0 Å². The van der Waals surface area contributed by atoms with Gasteiger partial charge in [0.05, 0.1) is 0 Å². The lowest BCUT2D eigenvalue weighted by Crippen LogP contribution is -2.55. The van der Waals surface area contributed by atoms with Gasteiger partial charge < -0.3 is 0 Å². The molecule has 0 aromatic carbocycles. The Hall–Kier alpha value is -0.0400. The molecule has 0 bridgehead atoms. The zero-order valence-electron chi connectivity index (χ0n) is 23.3. The predicted octanol–water partition coefficient (Wildman–Crippen LogP) is 10.7. The Balaban J connectivity index is 4.61. The van der Waals surface area contributed by atoms with Gasteiger partial charge in [0.25, 0.3) is 0 Å². The van der Waals surface area contributed by atoms with Crippen LogP contribution < -0.4 is 0 Å². The summed E-state index contributed by atoms with van der Waals surface area (Å²) < 4.78 is 0. The van der Waals surface area contributed by atoms with E-state index < -0.39 is 0 Å². The average molecular weight is 438 g/mol. The van der Waals surface area contributed by atoms with Crippen molar-refractivity contribution in [3.63, 3.8) is 0 Å². The maximum atomic E-state index is 2.92. The van der Waals surface area contributed by atoms with Crippen molar-refractivity contribution in [3.05, 3.63) is 0 Å². The van der Waals surface area contributed by atoms with Gasteiger partial charge in [-0.2, -0.15) is 0 Å². The number of unbranched alkanes of at least 4 members (excludes halogenated alkanes) is 15. The molecule has 0 aliphatic carbocycles. The molecule has 0 aromatic heterocycles. The van der Waals surface area contributed by atoms with Crippen LogP contribution in [0.5, 0.6) is 0 Å². The largest absolute Gasteiger partial charge is 0.293 e. The second-order valence-corrected chi connectivity index (χ2v) is 11.6. The van der Waals surface area contributed by atoms with Crippen molar-refractivity contribution in [3.8, 4) is 0 Å². The summed E-state index contributed by atoms with van der Waals surface area (Å²) in [4.78, 5) is 2.92. The molecular weight excluding hydrogens is 374 g/mol. The Kier molecular flexibility index (Phi) is 19.4. The van der Waals surface area contributed by atoms with Gasteiger partial charge in [-0.25, -0.2) is 0 Å². The van der Waals surface area contributed by atoms with Crippen molar-refractivity contribution in [1.82, 2.24) is 4.90 Å². The minimum absolute atomic E-state index is 0.320. The van der Waals surface area contributed by atoms with Crippen molar-refractivity contribution in [2.45, 2.75) is 188 Å². The maximum absolute atomic E-state index is 2.92. The summed E-state index contributed by atoms with van der Waals surface area (Å²) in [6, 6.07) is 0. The predicted molar refractivity (Wildman–Crippen MR) is 144 cm³/mol. The SMILES string of the molecule is CCCCCCCCCC(C)(C)N(CCCCCC)C(C)(C)CCCCCCCCC. The molecule has 0 heterocycles. The molecular formula is C30H63N. The lowest BCUT2D eigenvalue weighted by molar-refractivity contribution is 0.00154. The van der Waals surface area contributed by atoms with Crippen molar-refractivity contribution in [2.24, 2.45) is 0 Å². The maximum Gasteiger partial charge on any atom is 0.0158 e. The van der Waals surface area contributed by atoms with Gasteiger partial charge >= 0.3 is 0 Å². The zero-order chi connectivity index (χ0) is 23.4. The third-order valence-electron chi connectivity index (χ3n) is 7.48. The summed E-state index contributed by atoms with van der Waals surface area (Å²) in [7, 11) is 0. The first-order valence-electron chi connectivity index (χ1n) is 14.6. The molecule has 0 atom stereocenters. The second-order valence-electron chi connectivity index (χ2n) is 11.6. The lowest BCUT2D eigenvalue weighted by atomic mass is 9.85. The summed E-state index contributed by atoms with van der Waals surface area (Å²) >= 11 is 0. The molecule has 0 spiro atoms. The van der Waals surface area contributed by atoms with Crippen LogP contribution in [0, 0.1) is 0 Å². The van der Waals surface area contributed by atoms with Gasteiger partial charge in [0, 0.05) is 11.1 Å². The Bertz CT molecular complexity index is 341. The van der Waals surface area contributed by atoms with Crippen molar-refractivity contribution < 1.29 is 0 Å². The topological polar surface area (TPSA) is 3.24 Å². The van der Waals surface area contributed by atoms with Gasteiger partial charge in [0.15, 0.2) is 0 Å². The van der Waals surface area contributed by atoms with E-state index in [0.717, 1.165) is 0 Å². The van der Waals surface area contributed by atoms with Crippen LogP contribution in [0.4, 0.5) is 0 Å². The molecule has 0 aliphatic heterocycles. The number of rotatable bonds is 23. The van der Waals surface area contributed by atoms with Gasteiger partial charge in [-0.1, -0.05) is 130 Å². The summed E-state index contributed by atoms with van der Waals surface area (Å²) in [5, 5.41) is 0. The lowest BCUT2D eigenvalue weighted by Gasteiger charge is -2.49. The molecule has 0 fully saturated rings. The van der Waals surface area contributed by atoms with Crippen LogP contribution in [-0.4, -0.2) is 22.5 Å². The molecule has 0 saturated carbocycles. The average Bonchev–Trinajstić information content (AvgIpc) is 2.72. The summed E-state index contributed by atoms with van der Waals surface area (Å²) in [5.41, 5.74) is 0.639. The third kappa shape index (κ3) is 16.3. The highest BCUT2D eigenvalue weighted by Gasteiger charge is 2.36. The molecule has 0 radical (unpaired) electrons. The first-order valence-corrected chi connectivity index (χ1v) is 14.6. The Morgan fingerprint density at radius 2 is 0.677 bits per heavy atom. The molecule has 1 heteroatoms. The first kappa shape index (κ1) is 31.0. The van der Waals surface area contributed by atoms with Gasteiger partial charge in [0.2, 0.25) is 0 Å². The van der Waals surface area contributed by atoms with E-state index >= 15 is 0 Å². The molecule has 0 aliphatic rings. The van der Waals surface area contributed by atoms with Crippen molar-refractivity contribution in [2.75, 3.05) is 6.54 Å². The Morgan fingerprint density at radius 3 is 1.03 bits per heavy atom. The normalized spacial score (nSPS) is 12.8. The van der Waals surface area contributed by atoms with Crippen LogP contribution in [0.15, 0.2) is 0 Å². The molecule has 0 amide bonds. The van der Waals surface area contributed by atoms with E-state index in [1.165, 1.54) is 135 Å². The van der Waals surface area contributed by atoms with E-state index in [-0.39, 0.29) is 0 Å². The summed E-state index contributed by atoms with van der Waals surface area (Å²) in [6.45, 7) is 18.4. The minimum Gasteiger partial charge on any atom is -0.293 e. The van der Waals surface area contributed by atoms with Gasteiger partial charge in [-0.05, 0) is 53.5 Å². The van der Waals surface area contributed by atoms with Crippen LogP contribution >= 0.6 is 0 Å². The number of nitrogens with zero attached hydrogens (tertiary/aromatic N) is 1. The fourth-order valence-electron chi connectivity index (χ4n) is 5.42. The minimum atomic E-state index is 0.320. The van der Waals surface area contributed by atoms with Gasteiger partial charge in [-0.3, -0.25) is 4.90 Å².